The molecule has 0 amide bonds. The van der Waals surface area contributed by atoms with E-state index in [9.17, 15) is 14.0 Å². The number of hydrogen-bond donors (Lipinski definition) is 1. The summed E-state index contributed by atoms with van der Waals surface area (Å²) in [6.07, 6.45) is 1.78. The standard InChI is InChI=1S/C11H9FO4S/c1-17-10-5(11(14)15)4-6(12)9-8(10)7(13)2-3-16-9/h4H,2-3H2,1H3,(H,14,15). The fourth-order valence-corrected chi connectivity index (χ4v) is 2.53. The van der Waals surface area contributed by atoms with Gasteiger partial charge in [0.25, 0.3) is 0 Å². The summed E-state index contributed by atoms with van der Waals surface area (Å²) in [6, 6.07) is 0.894. The van der Waals surface area contributed by atoms with E-state index in [4.69, 9.17) is 9.84 Å². The number of benzene rings is 1. The number of thioether (sulfide) groups is 1. The first-order valence-corrected chi connectivity index (χ1v) is 6.08. The van der Waals surface area contributed by atoms with Crippen molar-refractivity contribution in [1.29, 1.82) is 0 Å². The predicted molar refractivity (Wildman–Crippen MR) is 59.6 cm³/mol. The molecule has 17 heavy (non-hydrogen) atoms. The van der Waals surface area contributed by atoms with Gasteiger partial charge in [0, 0.05) is 11.3 Å². The molecule has 0 unspecified atom stereocenters. The first-order valence-electron chi connectivity index (χ1n) is 4.86. The fraction of sp³-hybridized carbons (Fsp3) is 0.273. The number of carboxylic acids is 1. The van der Waals surface area contributed by atoms with Gasteiger partial charge < -0.3 is 9.84 Å². The molecule has 1 aromatic rings. The van der Waals surface area contributed by atoms with E-state index < -0.39 is 11.8 Å². The molecule has 2 rings (SSSR count). The third-order valence-corrected chi connectivity index (χ3v) is 3.31. The Morgan fingerprint density at radius 3 is 2.88 bits per heavy atom. The minimum atomic E-state index is -1.26. The molecular weight excluding hydrogens is 247 g/mol. The summed E-state index contributed by atoms with van der Waals surface area (Å²) in [6.45, 7) is 0.128. The van der Waals surface area contributed by atoms with Crippen LogP contribution < -0.4 is 4.74 Å². The number of carbonyl (C=O) groups is 2. The maximum absolute atomic E-state index is 13.6. The lowest BCUT2D eigenvalue weighted by molar-refractivity contribution is 0.0692. The number of ether oxygens (including phenoxy) is 1. The van der Waals surface area contributed by atoms with Gasteiger partial charge in [0.15, 0.2) is 17.3 Å². The van der Waals surface area contributed by atoms with Crippen molar-refractivity contribution in [2.24, 2.45) is 0 Å². The van der Waals surface area contributed by atoms with Crippen molar-refractivity contribution in [3.8, 4) is 5.75 Å². The molecular formula is C11H9FO4S. The molecule has 4 nitrogen and oxygen atoms in total. The quantitative estimate of drug-likeness (QED) is 0.822. The number of Topliss-reactive ketones (excluding diaryl/α,β-unsaturated/α-hetero) is 1. The molecule has 0 aromatic heterocycles. The molecule has 0 saturated heterocycles. The average molecular weight is 256 g/mol. The number of carboxylic acid groups (broad SMARTS) is 1. The van der Waals surface area contributed by atoms with Crippen molar-refractivity contribution < 1.29 is 23.8 Å². The molecule has 0 radical (unpaired) electrons. The zero-order valence-electron chi connectivity index (χ0n) is 8.95. The van der Waals surface area contributed by atoms with Crippen LogP contribution in [-0.4, -0.2) is 29.7 Å². The lowest BCUT2D eigenvalue weighted by atomic mass is 10.0. The topological polar surface area (TPSA) is 63.6 Å². The molecule has 1 aliphatic heterocycles. The van der Waals surface area contributed by atoms with Crippen molar-refractivity contribution in [3.63, 3.8) is 0 Å². The molecule has 0 atom stereocenters. The molecule has 6 heteroatoms. The van der Waals surface area contributed by atoms with Crippen LogP contribution in [-0.2, 0) is 0 Å². The van der Waals surface area contributed by atoms with Gasteiger partial charge in [-0.05, 0) is 12.3 Å². The maximum atomic E-state index is 13.6. The maximum Gasteiger partial charge on any atom is 0.336 e. The van der Waals surface area contributed by atoms with E-state index in [1.807, 2.05) is 0 Å². The second-order valence-corrected chi connectivity index (χ2v) is 4.29. The number of ketones is 1. The molecule has 0 saturated carbocycles. The van der Waals surface area contributed by atoms with Crippen LogP contribution in [0.1, 0.15) is 27.1 Å². The summed E-state index contributed by atoms with van der Waals surface area (Å²) in [5.74, 6) is -2.47. The van der Waals surface area contributed by atoms with E-state index in [2.05, 4.69) is 0 Å². The number of hydrogen-bond acceptors (Lipinski definition) is 4. The highest BCUT2D eigenvalue weighted by Crippen LogP contribution is 2.37. The van der Waals surface area contributed by atoms with E-state index in [0.29, 0.717) is 0 Å². The van der Waals surface area contributed by atoms with E-state index in [0.717, 1.165) is 17.8 Å². The number of halogens is 1. The smallest absolute Gasteiger partial charge is 0.336 e. The van der Waals surface area contributed by atoms with Crippen molar-refractivity contribution in [2.75, 3.05) is 12.9 Å². The van der Waals surface area contributed by atoms with Gasteiger partial charge >= 0.3 is 5.97 Å². The van der Waals surface area contributed by atoms with Crippen LogP contribution in [0.25, 0.3) is 0 Å². The van der Waals surface area contributed by atoms with Gasteiger partial charge in [-0.3, -0.25) is 4.79 Å². The van der Waals surface area contributed by atoms with Gasteiger partial charge in [0.1, 0.15) is 0 Å². The van der Waals surface area contributed by atoms with Gasteiger partial charge in [0.2, 0.25) is 0 Å². The zero-order chi connectivity index (χ0) is 12.6. The molecule has 0 spiro atoms. The van der Waals surface area contributed by atoms with Gasteiger partial charge in [-0.15, -0.1) is 11.8 Å². The normalized spacial score (nSPS) is 14.1. The Balaban J connectivity index is 2.76. The third-order valence-electron chi connectivity index (χ3n) is 2.48. The molecule has 1 aromatic carbocycles. The van der Waals surface area contributed by atoms with Crippen LogP contribution in [0.15, 0.2) is 11.0 Å². The molecule has 1 heterocycles. The van der Waals surface area contributed by atoms with Crippen LogP contribution in [0.5, 0.6) is 5.75 Å². The van der Waals surface area contributed by atoms with Crippen LogP contribution in [0.4, 0.5) is 4.39 Å². The van der Waals surface area contributed by atoms with E-state index in [1.54, 1.807) is 6.26 Å². The monoisotopic (exact) mass is 256 g/mol. The SMILES string of the molecule is CSc1c(C(=O)O)cc(F)c2c1C(=O)CCO2. The minimum absolute atomic E-state index is 0.0566. The minimum Gasteiger partial charge on any atom is -0.489 e. The average Bonchev–Trinajstić information content (AvgIpc) is 2.29. The van der Waals surface area contributed by atoms with Crippen LogP contribution in [0, 0.1) is 5.82 Å². The summed E-state index contributed by atoms with van der Waals surface area (Å²) in [5, 5.41) is 8.98. The van der Waals surface area contributed by atoms with Gasteiger partial charge in [-0.1, -0.05) is 0 Å². The Hall–Kier alpha value is -1.56. The highest BCUT2D eigenvalue weighted by atomic mass is 32.2. The van der Waals surface area contributed by atoms with Crippen molar-refractivity contribution in [2.45, 2.75) is 11.3 Å². The second kappa shape index (κ2) is 4.37. The highest BCUT2D eigenvalue weighted by Gasteiger charge is 2.29. The first-order chi connectivity index (χ1) is 8.06. The highest BCUT2D eigenvalue weighted by molar-refractivity contribution is 7.98. The van der Waals surface area contributed by atoms with E-state index >= 15 is 0 Å². The fourth-order valence-electron chi connectivity index (χ4n) is 1.75. The Labute approximate surface area is 101 Å². The molecule has 1 N–H and O–H groups in total. The lowest BCUT2D eigenvalue weighted by Gasteiger charge is -2.20. The Morgan fingerprint density at radius 2 is 2.29 bits per heavy atom. The van der Waals surface area contributed by atoms with Crippen molar-refractivity contribution >= 4 is 23.5 Å². The Kier molecular flexibility index (Phi) is 3.06. The Bertz CT molecular complexity index is 513. The first kappa shape index (κ1) is 11.9. The number of rotatable bonds is 2. The van der Waals surface area contributed by atoms with Crippen molar-refractivity contribution in [3.05, 3.63) is 23.0 Å². The summed E-state index contributed by atoms with van der Waals surface area (Å²) in [5.41, 5.74) is -0.145. The summed E-state index contributed by atoms with van der Waals surface area (Å²) in [4.78, 5) is 23.0. The number of aromatic carboxylic acids is 1. The van der Waals surface area contributed by atoms with Gasteiger partial charge in [0.05, 0.1) is 17.7 Å². The van der Waals surface area contributed by atoms with Gasteiger partial charge in [-0.25, -0.2) is 9.18 Å². The van der Waals surface area contributed by atoms with Crippen LogP contribution in [0.2, 0.25) is 0 Å². The molecule has 0 aliphatic carbocycles. The Morgan fingerprint density at radius 1 is 1.59 bits per heavy atom. The summed E-state index contributed by atoms with van der Waals surface area (Å²) >= 11 is 1.10. The van der Waals surface area contributed by atoms with Crippen LogP contribution >= 0.6 is 11.8 Å². The zero-order valence-corrected chi connectivity index (χ0v) is 9.77. The lowest BCUT2D eigenvalue weighted by Crippen LogP contribution is -2.19. The number of carbonyl (C=O) groups excluding carboxylic acids is 1. The largest absolute Gasteiger partial charge is 0.489 e. The van der Waals surface area contributed by atoms with Crippen LogP contribution in [0.3, 0.4) is 0 Å². The third kappa shape index (κ3) is 1.88. The summed E-state index contributed by atoms with van der Waals surface area (Å²) < 4.78 is 18.7. The molecule has 0 fully saturated rings. The van der Waals surface area contributed by atoms with E-state index in [-0.39, 0.29) is 40.6 Å². The molecule has 90 valence electrons. The predicted octanol–water partition coefficient (Wildman–Crippen LogP) is 2.21. The van der Waals surface area contributed by atoms with Gasteiger partial charge in [-0.2, -0.15) is 0 Å². The number of fused-ring (bicyclic) bond motifs is 1. The van der Waals surface area contributed by atoms with Crippen molar-refractivity contribution in [1.82, 2.24) is 0 Å². The molecule has 1 aliphatic rings. The van der Waals surface area contributed by atoms with E-state index in [1.165, 1.54) is 0 Å². The second-order valence-electron chi connectivity index (χ2n) is 3.47. The summed E-state index contributed by atoms with van der Waals surface area (Å²) in [7, 11) is 0. The molecule has 0 bridgehead atoms.